The molecule has 1 aromatic carbocycles. The molecule has 154 valence electrons. The molecule has 0 bridgehead atoms. The van der Waals surface area contributed by atoms with E-state index in [1.165, 1.54) is 10.8 Å². The summed E-state index contributed by atoms with van der Waals surface area (Å²) in [5.41, 5.74) is 2.48. The lowest BCUT2D eigenvalue weighted by Gasteiger charge is -2.25. The average molecular weight is 412 g/mol. The SMILES string of the molecule is N#Cc1cnc2c(ccn2C(=O)Nc2ccc3nn([C@H]4CC[C@H](C=O)CC4)cc3c2)c1. The van der Waals surface area contributed by atoms with E-state index in [-0.39, 0.29) is 11.9 Å². The molecule has 1 amide bonds. The van der Waals surface area contributed by atoms with Gasteiger partial charge >= 0.3 is 6.03 Å². The van der Waals surface area contributed by atoms with E-state index < -0.39 is 0 Å². The Bertz CT molecular complexity index is 1340. The summed E-state index contributed by atoms with van der Waals surface area (Å²) in [4.78, 5) is 28.0. The predicted molar refractivity (Wildman–Crippen MR) is 116 cm³/mol. The largest absolute Gasteiger partial charge is 0.331 e. The topological polar surface area (TPSA) is 106 Å². The Kier molecular flexibility index (Phi) is 4.71. The number of rotatable bonds is 3. The van der Waals surface area contributed by atoms with Crippen molar-refractivity contribution in [3.05, 3.63) is 54.5 Å². The van der Waals surface area contributed by atoms with Gasteiger partial charge in [0.1, 0.15) is 18.0 Å². The summed E-state index contributed by atoms with van der Waals surface area (Å²) in [5.74, 6) is 0.175. The van der Waals surface area contributed by atoms with Gasteiger partial charge in [-0.25, -0.2) is 9.78 Å². The summed E-state index contributed by atoms with van der Waals surface area (Å²) in [7, 11) is 0. The highest BCUT2D eigenvalue weighted by atomic mass is 16.2. The molecule has 0 unspecified atom stereocenters. The van der Waals surface area contributed by atoms with Crippen LogP contribution in [0.1, 0.15) is 37.3 Å². The first kappa shape index (κ1) is 19.0. The van der Waals surface area contributed by atoms with Crippen molar-refractivity contribution in [1.29, 1.82) is 5.26 Å². The number of aldehydes is 1. The van der Waals surface area contributed by atoms with Crippen molar-refractivity contribution in [2.24, 2.45) is 5.92 Å². The highest BCUT2D eigenvalue weighted by molar-refractivity contribution is 5.98. The van der Waals surface area contributed by atoms with Gasteiger partial charge in [-0.1, -0.05) is 0 Å². The van der Waals surface area contributed by atoms with Crippen molar-refractivity contribution in [3.8, 4) is 6.07 Å². The number of nitriles is 1. The first-order chi connectivity index (χ1) is 15.1. The second-order valence-electron chi connectivity index (χ2n) is 7.95. The molecule has 5 rings (SSSR count). The minimum Gasteiger partial charge on any atom is -0.307 e. The first-order valence-electron chi connectivity index (χ1n) is 10.3. The van der Waals surface area contributed by atoms with Crippen LogP contribution in [0.15, 0.2) is 48.9 Å². The number of pyridine rings is 1. The second kappa shape index (κ2) is 7.69. The van der Waals surface area contributed by atoms with Gasteiger partial charge in [-0.2, -0.15) is 10.4 Å². The molecule has 1 fully saturated rings. The molecule has 31 heavy (non-hydrogen) atoms. The smallest absolute Gasteiger partial charge is 0.307 e. The number of nitrogens with one attached hydrogen (secondary N) is 1. The zero-order valence-electron chi connectivity index (χ0n) is 16.7. The number of carbonyl (C=O) groups is 2. The molecule has 1 saturated carbocycles. The summed E-state index contributed by atoms with van der Waals surface area (Å²) in [5, 5.41) is 18.3. The third kappa shape index (κ3) is 3.55. The van der Waals surface area contributed by atoms with Crippen LogP contribution in [0.2, 0.25) is 0 Å². The maximum atomic E-state index is 12.8. The van der Waals surface area contributed by atoms with Gasteiger partial charge in [0, 0.05) is 41.0 Å². The summed E-state index contributed by atoms with van der Waals surface area (Å²) in [6.07, 6.45) is 9.87. The van der Waals surface area contributed by atoms with Gasteiger partial charge in [-0.05, 0) is 56.0 Å². The molecule has 1 N–H and O–H groups in total. The van der Waals surface area contributed by atoms with E-state index in [1.807, 2.05) is 35.1 Å². The standard InChI is InChI=1S/C23H20N6O2/c24-11-16-9-17-7-8-28(22(17)25-12-16)23(31)26-19-3-6-21-18(10-19)13-29(27-21)20-4-1-15(14-30)2-5-20/h3,6-10,12-15,20H,1-2,4-5H2,(H,26,31)/t15-,20-. The minimum atomic E-state index is -0.328. The van der Waals surface area contributed by atoms with E-state index in [0.29, 0.717) is 22.9 Å². The fourth-order valence-corrected chi connectivity index (χ4v) is 4.24. The number of nitrogens with zero attached hydrogens (tertiary/aromatic N) is 5. The summed E-state index contributed by atoms with van der Waals surface area (Å²) in [6, 6.07) is 11.1. The maximum absolute atomic E-state index is 12.8. The highest BCUT2D eigenvalue weighted by Crippen LogP contribution is 2.32. The number of carbonyl (C=O) groups excluding carboxylic acids is 2. The van der Waals surface area contributed by atoms with Gasteiger partial charge < -0.3 is 10.1 Å². The van der Waals surface area contributed by atoms with Crippen LogP contribution in [0, 0.1) is 17.2 Å². The molecule has 3 heterocycles. The van der Waals surface area contributed by atoms with Gasteiger partial charge in [0.05, 0.1) is 17.1 Å². The number of hydrogen-bond acceptors (Lipinski definition) is 5. The fourth-order valence-electron chi connectivity index (χ4n) is 4.24. The molecule has 8 nitrogen and oxygen atoms in total. The molecular weight excluding hydrogens is 392 g/mol. The lowest BCUT2D eigenvalue weighted by Crippen LogP contribution is -2.19. The van der Waals surface area contributed by atoms with Crippen molar-refractivity contribution in [1.82, 2.24) is 19.3 Å². The Balaban J connectivity index is 1.35. The van der Waals surface area contributed by atoms with E-state index in [1.54, 1.807) is 18.3 Å². The van der Waals surface area contributed by atoms with Crippen LogP contribution in [0.3, 0.4) is 0 Å². The van der Waals surface area contributed by atoms with Gasteiger partial charge in [0.15, 0.2) is 0 Å². The summed E-state index contributed by atoms with van der Waals surface area (Å²) < 4.78 is 3.42. The van der Waals surface area contributed by atoms with Crippen molar-refractivity contribution in [2.75, 3.05) is 5.32 Å². The van der Waals surface area contributed by atoms with E-state index in [4.69, 9.17) is 5.26 Å². The molecule has 0 aliphatic heterocycles. The Morgan fingerprint density at radius 1 is 1.16 bits per heavy atom. The van der Waals surface area contributed by atoms with E-state index in [9.17, 15) is 9.59 Å². The van der Waals surface area contributed by atoms with Crippen LogP contribution in [-0.4, -0.2) is 31.6 Å². The molecule has 1 aliphatic rings. The van der Waals surface area contributed by atoms with Gasteiger partial charge in [0.2, 0.25) is 0 Å². The van der Waals surface area contributed by atoms with E-state index >= 15 is 0 Å². The average Bonchev–Trinajstić information content (AvgIpc) is 3.42. The molecular formula is C23H20N6O2. The fraction of sp³-hybridized carbons (Fsp3) is 0.261. The number of hydrogen-bond donors (Lipinski definition) is 1. The van der Waals surface area contributed by atoms with Crippen molar-refractivity contribution in [2.45, 2.75) is 31.7 Å². The zero-order chi connectivity index (χ0) is 21.4. The molecule has 0 spiro atoms. The van der Waals surface area contributed by atoms with Crippen LogP contribution in [0.25, 0.3) is 21.9 Å². The normalized spacial score (nSPS) is 18.7. The number of benzene rings is 1. The number of fused-ring (bicyclic) bond motifs is 2. The molecule has 1 aliphatic carbocycles. The second-order valence-corrected chi connectivity index (χ2v) is 7.95. The highest BCUT2D eigenvalue weighted by Gasteiger charge is 2.22. The third-order valence-electron chi connectivity index (χ3n) is 5.96. The Morgan fingerprint density at radius 2 is 2.00 bits per heavy atom. The summed E-state index contributed by atoms with van der Waals surface area (Å²) >= 11 is 0. The van der Waals surface area contributed by atoms with Crippen molar-refractivity contribution >= 4 is 39.9 Å². The number of aromatic nitrogens is 4. The number of anilines is 1. The van der Waals surface area contributed by atoms with Crippen molar-refractivity contribution in [3.63, 3.8) is 0 Å². The lowest BCUT2D eigenvalue weighted by atomic mass is 9.87. The van der Waals surface area contributed by atoms with Crippen LogP contribution >= 0.6 is 0 Å². The predicted octanol–water partition coefficient (Wildman–Crippen LogP) is 4.27. The van der Waals surface area contributed by atoms with Crippen LogP contribution in [0.4, 0.5) is 10.5 Å². The quantitative estimate of drug-likeness (QED) is 0.506. The molecule has 4 aromatic rings. The monoisotopic (exact) mass is 412 g/mol. The van der Waals surface area contributed by atoms with Gasteiger partial charge in [0.25, 0.3) is 0 Å². The number of amides is 1. The van der Waals surface area contributed by atoms with Gasteiger partial charge in [-0.3, -0.25) is 9.25 Å². The molecule has 3 aromatic heterocycles. The van der Waals surface area contributed by atoms with Gasteiger partial charge in [-0.15, -0.1) is 0 Å². The third-order valence-corrected chi connectivity index (χ3v) is 5.96. The maximum Gasteiger partial charge on any atom is 0.331 e. The minimum absolute atomic E-state index is 0.175. The van der Waals surface area contributed by atoms with E-state index in [0.717, 1.165) is 48.3 Å². The van der Waals surface area contributed by atoms with E-state index in [2.05, 4.69) is 15.4 Å². The van der Waals surface area contributed by atoms with Crippen LogP contribution < -0.4 is 5.32 Å². The first-order valence-corrected chi connectivity index (χ1v) is 10.3. The molecule has 8 heteroatoms. The Morgan fingerprint density at radius 3 is 2.77 bits per heavy atom. The Hall–Kier alpha value is -3.99. The molecule has 0 radical (unpaired) electrons. The lowest BCUT2D eigenvalue weighted by molar-refractivity contribution is -0.112. The van der Waals surface area contributed by atoms with Crippen molar-refractivity contribution < 1.29 is 9.59 Å². The molecule has 0 atom stereocenters. The van der Waals surface area contributed by atoms with Crippen LogP contribution in [-0.2, 0) is 4.79 Å². The van der Waals surface area contributed by atoms with Crippen LogP contribution in [0.5, 0.6) is 0 Å². The summed E-state index contributed by atoms with van der Waals surface area (Å²) in [6.45, 7) is 0. The Labute approximate surface area is 178 Å². The zero-order valence-corrected chi connectivity index (χ0v) is 16.7. The molecule has 0 saturated heterocycles.